The molecule has 0 amide bonds. The highest BCUT2D eigenvalue weighted by atomic mass is 16.3. The average molecular weight is 205 g/mol. The van der Waals surface area contributed by atoms with Gasteiger partial charge < -0.3 is 10.0 Å². The molecule has 4 heteroatoms. The van der Waals surface area contributed by atoms with Crippen molar-refractivity contribution in [2.24, 2.45) is 0 Å². The van der Waals surface area contributed by atoms with E-state index in [9.17, 15) is 0 Å². The Morgan fingerprint density at radius 1 is 1.60 bits per heavy atom. The molecule has 0 saturated heterocycles. The lowest BCUT2D eigenvalue weighted by Crippen LogP contribution is -2.22. The van der Waals surface area contributed by atoms with E-state index in [4.69, 9.17) is 10.4 Å². The van der Waals surface area contributed by atoms with Crippen LogP contribution in [0.15, 0.2) is 18.3 Å². The highest BCUT2D eigenvalue weighted by molar-refractivity contribution is 5.40. The van der Waals surface area contributed by atoms with Crippen molar-refractivity contribution in [2.75, 3.05) is 18.5 Å². The highest BCUT2D eigenvalue weighted by Gasteiger charge is 2.03. The Bertz CT molecular complexity index is 340. The SMILES string of the molecule is CC(O)CCN(C)c1ccc(C#N)cn1. The van der Waals surface area contributed by atoms with Crippen LogP contribution in [0.3, 0.4) is 0 Å². The molecule has 1 aromatic heterocycles. The topological polar surface area (TPSA) is 60.1 Å². The van der Waals surface area contributed by atoms with Gasteiger partial charge in [0.2, 0.25) is 0 Å². The fourth-order valence-electron chi connectivity index (χ4n) is 1.17. The van der Waals surface area contributed by atoms with Gasteiger partial charge in [-0.2, -0.15) is 5.26 Å². The predicted octanol–water partition coefficient (Wildman–Crippen LogP) is 1.16. The second-order valence-electron chi connectivity index (χ2n) is 3.58. The molecule has 15 heavy (non-hydrogen) atoms. The monoisotopic (exact) mass is 205 g/mol. The average Bonchev–Trinajstić information content (AvgIpc) is 2.26. The number of nitrogens with zero attached hydrogens (tertiary/aromatic N) is 3. The molecular weight excluding hydrogens is 190 g/mol. The first-order valence-electron chi connectivity index (χ1n) is 4.89. The minimum Gasteiger partial charge on any atom is -0.393 e. The number of hydrogen-bond acceptors (Lipinski definition) is 4. The number of pyridine rings is 1. The van der Waals surface area contributed by atoms with E-state index in [0.717, 1.165) is 12.4 Å². The van der Waals surface area contributed by atoms with E-state index in [0.29, 0.717) is 12.0 Å². The van der Waals surface area contributed by atoms with Crippen LogP contribution in [0.4, 0.5) is 5.82 Å². The number of aliphatic hydroxyl groups is 1. The van der Waals surface area contributed by atoms with Crippen molar-refractivity contribution in [2.45, 2.75) is 19.4 Å². The molecule has 1 heterocycles. The molecule has 1 aromatic rings. The molecule has 1 unspecified atom stereocenters. The normalized spacial score (nSPS) is 11.9. The first-order valence-corrected chi connectivity index (χ1v) is 4.89. The van der Waals surface area contributed by atoms with Crippen LogP contribution < -0.4 is 4.90 Å². The molecule has 0 bridgehead atoms. The van der Waals surface area contributed by atoms with Crippen molar-refractivity contribution in [3.05, 3.63) is 23.9 Å². The zero-order valence-corrected chi connectivity index (χ0v) is 9.01. The van der Waals surface area contributed by atoms with E-state index in [2.05, 4.69) is 4.98 Å². The molecule has 1 rings (SSSR count). The smallest absolute Gasteiger partial charge is 0.128 e. The van der Waals surface area contributed by atoms with Crippen LogP contribution in [0.1, 0.15) is 18.9 Å². The number of anilines is 1. The second-order valence-corrected chi connectivity index (χ2v) is 3.58. The van der Waals surface area contributed by atoms with Gasteiger partial charge in [0.1, 0.15) is 11.9 Å². The molecule has 0 saturated carbocycles. The number of aromatic nitrogens is 1. The zero-order chi connectivity index (χ0) is 11.3. The highest BCUT2D eigenvalue weighted by Crippen LogP contribution is 2.09. The first kappa shape index (κ1) is 11.5. The summed E-state index contributed by atoms with van der Waals surface area (Å²) >= 11 is 0. The maximum atomic E-state index is 9.14. The first-order chi connectivity index (χ1) is 7.13. The standard InChI is InChI=1S/C11H15N3O/c1-9(15)5-6-14(2)11-4-3-10(7-12)8-13-11/h3-4,8-9,15H,5-6H2,1-2H3. The van der Waals surface area contributed by atoms with Gasteiger partial charge in [-0.3, -0.25) is 0 Å². The number of hydrogen-bond donors (Lipinski definition) is 1. The molecule has 0 fully saturated rings. The molecule has 0 spiro atoms. The Morgan fingerprint density at radius 2 is 2.33 bits per heavy atom. The Hall–Kier alpha value is -1.60. The summed E-state index contributed by atoms with van der Waals surface area (Å²) in [5.74, 6) is 0.814. The third-order valence-electron chi connectivity index (χ3n) is 2.15. The number of nitriles is 1. The molecule has 1 N–H and O–H groups in total. The molecule has 0 aliphatic rings. The van der Waals surface area contributed by atoms with Crippen LogP contribution in [0, 0.1) is 11.3 Å². The van der Waals surface area contributed by atoms with Gasteiger partial charge in [0.15, 0.2) is 0 Å². The van der Waals surface area contributed by atoms with Crippen molar-refractivity contribution in [3.63, 3.8) is 0 Å². The fourth-order valence-corrected chi connectivity index (χ4v) is 1.17. The van der Waals surface area contributed by atoms with Crippen LogP contribution in [0.2, 0.25) is 0 Å². The third-order valence-corrected chi connectivity index (χ3v) is 2.15. The van der Waals surface area contributed by atoms with Gasteiger partial charge in [0.05, 0.1) is 11.7 Å². The Balaban J connectivity index is 2.58. The van der Waals surface area contributed by atoms with Crippen molar-refractivity contribution < 1.29 is 5.11 Å². The molecule has 1 atom stereocenters. The minimum absolute atomic E-state index is 0.300. The van der Waals surface area contributed by atoms with Gasteiger partial charge in [-0.15, -0.1) is 0 Å². The summed E-state index contributed by atoms with van der Waals surface area (Å²) in [6, 6.07) is 5.57. The molecule has 4 nitrogen and oxygen atoms in total. The number of rotatable bonds is 4. The quantitative estimate of drug-likeness (QED) is 0.801. The van der Waals surface area contributed by atoms with E-state index in [1.54, 1.807) is 25.3 Å². The predicted molar refractivity (Wildman–Crippen MR) is 58.5 cm³/mol. The van der Waals surface area contributed by atoms with E-state index in [-0.39, 0.29) is 6.10 Å². The summed E-state index contributed by atoms with van der Waals surface area (Å²) in [5, 5.41) is 17.7. The summed E-state index contributed by atoms with van der Waals surface area (Å²) in [6.45, 7) is 2.51. The zero-order valence-electron chi connectivity index (χ0n) is 9.01. The fraction of sp³-hybridized carbons (Fsp3) is 0.455. The molecule has 0 aromatic carbocycles. The van der Waals surface area contributed by atoms with E-state index >= 15 is 0 Å². The third kappa shape index (κ3) is 3.56. The second kappa shape index (κ2) is 5.32. The maximum Gasteiger partial charge on any atom is 0.128 e. The number of aliphatic hydroxyl groups excluding tert-OH is 1. The van der Waals surface area contributed by atoms with E-state index in [1.165, 1.54) is 0 Å². The maximum absolute atomic E-state index is 9.14. The minimum atomic E-state index is -0.300. The van der Waals surface area contributed by atoms with Crippen LogP contribution in [-0.2, 0) is 0 Å². The molecule has 0 radical (unpaired) electrons. The van der Waals surface area contributed by atoms with Crippen molar-refractivity contribution in [3.8, 4) is 6.07 Å². The van der Waals surface area contributed by atoms with Gasteiger partial charge in [-0.1, -0.05) is 0 Å². The van der Waals surface area contributed by atoms with Gasteiger partial charge >= 0.3 is 0 Å². The molecule has 80 valence electrons. The summed E-state index contributed by atoms with van der Waals surface area (Å²) in [7, 11) is 1.91. The van der Waals surface area contributed by atoms with Crippen molar-refractivity contribution in [1.82, 2.24) is 4.98 Å². The summed E-state index contributed by atoms with van der Waals surface area (Å²) in [4.78, 5) is 6.10. The lowest BCUT2D eigenvalue weighted by molar-refractivity contribution is 0.187. The van der Waals surface area contributed by atoms with Gasteiger partial charge in [0.25, 0.3) is 0 Å². The van der Waals surface area contributed by atoms with Gasteiger partial charge in [-0.25, -0.2) is 4.98 Å². The molecular formula is C11H15N3O. The Labute approximate surface area is 89.8 Å². The van der Waals surface area contributed by atoms with Crippen LogP contribution in [-0.4, -0.2) is 29.8 Å². The van der Waals surface area contributed by atoms with Crippen LogP contribution in [0.25, 0.3) is 0 Å². The Morgan fingerprint density at radius 3 is 2.80 bits per heavy atom. The summed E-state index contributed by atoms with van der Waals surface area (Å²) in [5.41, 5.74) is 0.558. The van der Waals surface area contributed by atoms with E-state index < -0.39 is 0 Å². The summed E-state index contributed by atoms with van der Waals surface area (Å²) < 4.78 is 0. The van der Waals surface area contributed by atoms with Crippen LogP contribution in [0.5, 0.6) is 0 Å². The van der Waals surface area contributed by atoms with Gasteiger partial charge in [0, 0.05) is 19.8 Å². The van der Waals surface area contributed by atoms with Crippen LogP contribution >= 0.6 is 0 Å². The molecule has 0 aliphatic heterocycles. The lowest BCUT2D eigenvalue weighted by Gasteiger charge is -2.18. The largest absolute Gasteiger partial charge is 0.393 e. The Kier molecular flexibility index (Phi) is 4.07. The van der Waals surface area contributed by atoms with E-state index in [1.807, 2.05) is 18.0 Å². The van der Waals surface area contributed by atoms with Crippen molar-refractivity contribution >= 4 is 5.82 Å². The molecule has 0 aliphatic carbocycles. The van der Waals surface area contributed by atoms with Crippen molar-refractivity contribution in [1.29, 1.82) is 5.26 Å². The van der Waals surface area contributed by atoms with Gasteiger partial charge in [-0.05, 0) is 25.5 Å². The summed E-state index contributed by atoms with van der Waals surface area (Å²) in [6.07, 6.45) is 1.96. The lowest BCUT2D eigenvalue weighted by atomic mass is 10.2.